The van der Waals surface area contributed by atoms with Gasteiger partial charge in [0.25, 0.3) is 0 Å². The molecule has 5 heteroatoms. The van der Waals surface area contributed by atoms with Crippen molar-refractivity contribution in [2.45, 2.75) is 25.8 Å². The molecule has 2 aromatic carbocycles. The third-order valence-electron chi connectivity index (χ3n) is 4.27. The van der Waals surface area contributed by atoms with E-state index in [2.05, 4.69) is 16.0 Å². The van der Waals surface area contributed by atoms with Gasteiger partial charge in [-0.25, -0.2) is 0 Å². The summed E-state index contributed by atoms with van der Waals surface area (Å²) >= 11 is 0. The van der Waals surface area contributed by atoms with Crippen LogP contribution in [-0.4, -0.2) is 17.9 Å². The molecule has 0 radical (unpaired) electrons. The zero-order chi connectivity index (χ0) is 16.0. The van der Waals surface area contributed by atoms with E-state index in [1.165, 1.54) is 0 Å². The van der Waals surface area contributed by atoms with Gasteiger partial charge in [-0.15, -0.1) is 0 Å². The van der Waals surface area contributed by atoms with Crippen LogP contribution in [0.1, 0.15) is 18.9 Å². The Morgan fingerprint density at radius 3 is 2.70 bits per heavy atom. The molecule has 0 fully saturated rings. The number of amides is 2. The van der Waals surface area contributed by atoms with Gasteiger partial charge in [-0.2, -0.15) is 0 Å². The summed E-state index contributed by atoms with van der Waals surface area (Å²) in [5.74, 6) is 0.0465. The van der Waals surface area contributed by atoms with Crippen molar-refractivity contribution in [3.05, 3.63) is 42.0 Å². The molecule has 0 aromatic heterocycles. The predicted octanol–water partition coefficient (Wildman–Crippen LogP) is 2.99. The summed E-state index contributed by atoms with van der Waals surface area (Å²) in [7, 11) is 0. The number of para-hydroxylation sites is 1. The molecule has 0 bridgehead atoms. The fourth-order valence-electron chi connectivity index (χ4n) is 3.21. The van der Waals surface area contributed by atoms with E-state index in [-0.39, 0.29) is 17.9 Å². The maximum Gasteiger partial charge on any atom is 0.228 e. The molecule has 2 amide bonds. The van der Waals surface area contributed by atoms with Gasteiger partial charge < -0.3 is 16.0 Å². The second kappa shape index (κ2) is 5.12. The highest BCUT2D eigenvalue weighted by atomic mass is 16.2. The van der Waals surface area contributed by atoms with Crippen LogP contribution in [0.5, 0.6) is 0 Å². The summed E-state index contributed by atoms with van der Waals surface area (Å²) < 4.78 is 0. The second-order valence-electron chi connectivity index (χ2n) is 6.12. The van der Waals surface area contributed by atoms with Crippen molar-refractivity contribution in [3.8, 4) is 11.1 Å². The first-order valence-corrected chi connectivity index (χ1v) is 7.73. The van der Waals surface area contributed by atoms with Gasteiger partial charge in [-0.3, -0.25) is 9.59 Å². The molecule has 5 nitrogen and oxygen atoms in total. The molecule has 2 heterocycles. The van der Waals surface area contributed by atoms with Crippen LogP contribution in [-0.2, 0) is 16.0 Å². The molecule has 0 aliphatic carbocycles. The minimum atomic E-state index is 0.0158. The fourth-order valence-corrected chi connectivity index (χ4v) is 3.21. The summed E-state index contributed by atoms with van der Waals surface area (Å²) in [5.41, 5.74) is 5.64. The van der Waals surface area contributed by atoms with E-state index in [1.54, 1.807) is 0 Å². The third kappa shape index (κ3) is 2.44. The molecular weight excluding hydrogens is 290 g/mol. The van der Waals surface area contributed by atoms with Crippen LogP contribution in [0.15, 0.2) is 36.4 Å². The number of hydrogen-bond acceptors (Lipinski definition) is 3. The first-order chi connectivity index (χ1) is 11.1. The maximum atomic E-state index is 11.9. The Bertz CT molecular complexity index is 829. The van der Waals surface area contributed by atoms with E-state index in [4.69, 9.17) is 0 Å². The number of benzene rings is 2. The maximum absolute atomic E-state index is 11.9. The van der Waals surface area contributed by atoms with Crippen molar-refractivity contribution in [2.75, 3.05) is 16.0 Å². The molecule has 0 saturated carbocycles. The average molecular weight is 307 g/mol. The zero-order valence-electron chi connectivity index (χ0n) is 12.8. The molecule has 116 valence electrons. The summed E-state index contributed by atoms with van der Waals surface area (Å²) in [6.45, 7) is 1.99. The molecule has 2 aliphatic heterocycles. The minimum absolute atomic E-state index is 0.0158. The van der Waals surface area contributed by atoms with E-state index in [0.29, 0.717) is 12.8 Å². The standard InChI is InChI=1S/C18H17N3O2/c1-10-7-16(22)20-14-4-2-3-13(18(14)19-10)11-5-6-12-9-17(23)21-15(12)8-11/h2-6,8,10,19H,7,9H2,1H3,(H,20,22)(H,21,23)/t10-/m1/s1. The first kappa shape index (κ1) is 13.8. The molecule has 2 aromatic rings. The van der Waals surface area contributed by atoms with Crippen molar-refractivity contribution < 1.29 is 9.59 Å². The molecule has 0 unspecified atom stereocenters. The topological polar surface area (TPSA) is 70.2 Å². The molecular formula is C18H17N3O2. The minimum Gasteiger partial charge on any atom is -0.380 e. The van der Waals surface area contributed by atoms with E-state index in [0.717, 1.165) is 33.8 Å². The largest absolute Gasteiger partial charge is 0.380 e. The first-order valence-electron chi connectivity index (χ1n) is 7.73. The Kier molecular flexibility index (Phi) is 3.08. The molecule has 3 N–H and O–H groups in total. The van der Waals surface area contributed by atoms with Gasteiger partial charge in [0.15, 0.2) is 0 Å². The molecule has 4 rings (SSSR count). The predicted molar refractivity (Wildman–Crippen MR) is 90.5 cm³/mol. The van der Waals surface area contributed by atoms with Crippen LogP contribution < -0.4 is 16.0 Å². The number of carbonyl (C=O) groups excluding carboxylic acids is 2. The fraction of sp³-hybridized carbons (Fsp3) is 0.222. The number of carbonyl (C=O) groups is 2. The number of hydrogen-bond donors (Lipinski definition) is 3. The lowest BCUT2D eigenvalue weighted by Crippen LogP contribution is -2.19. The van der Waals surface area contributed by atoms with Gasteiger partial charge in [0.05, 0.1) is 17.8 Å². The molecule has 23 heavy (non-hydrogen) atoms. The smallest absolute Gasteiger partial charge is 0.228 e. The second-order valence-corrected chi connectivity index (χ2v) is 6.12. The van der Waals surface area contributed by atoms with Crippen molar-refractivity contribution in [3.63, 3.8) is 0 Å². The number of anilines is 3. The van der Waals surface area contributed by atoms with Crippen LogP contribution in [0.25, 0.3) is 11.1 Å². The average Bonchev–Trinajstić information content (AvgIpc) is 2.79. The van der Waals surface area contributed by atoms with Crippen LogP contribution >= 0.6 is 0 Å². The highest BCUT2D eigenvalue weighted by molar-refractivity contribution is 6.02. The third-order valence-corrected chi connectivity index (χ3v) is 4.27. The highest BCUT2D eigenvalue weighted by Gasteiger charge is 2.22. The lowest BCUT2D eigenvalue weighted by atomic mass is 9.99. The van der Waals surface area contributed by atoms with Crippen LogP contribution in [0, 0.1) is 0 Å². The Hall–Kier alpha value is -2.82. The summed E-state index contributed by atoms with van der Waals surface area (Å²) in [4.78, 5) is 23.4. The molecule has 0 saturated heterocycles. The van der Waals surface area contributed by atoms with Gasteiger partial charge in [-0.1, -0.05) is 24.3 Å². The van der Waals surface area contributed by atoms with E-state index in [9.17, 15) is 9.59 Å². The zero-order valence-corrected chi connectivity index (χ0v) is 12.8. The van der Waals surface area contributed by atoms with Crippen molar-refractivity contribution >= 4 is 28.9 Å². The summed E-state index contributed by atoms with van der Waals surface area (Å²) in [6, 6.07) is 11.9. The number of rotatable bonds is 1. The van der Waals surface area contributed by atoms with Gasteiger partial charge in [0.2, 0.25) is 11.8 Å². The Morgan fingerprint density at radius 2 is 1.83 bits per heavy atom. The van der Waals surface area contributed by atoms with Crippen molar-refractivity contribution in [1.29, 1.82) is 0 Å². The lowest BCUT2D eigenvalue weighted by molar-refractivity contribution is -0.116. The Morgan fingerprint density at radius 1 is 1.00 bits per heavy atom. The Balaban J connectivity index is 1.82. The van der Waals surface area contributed by atoms with Crippen molar-refractivity contribution in [1.82, 2.24) is 0 Å². The lowest BCUT2D eigenvalue weighted by Gasteiger charge is -2.17. The van der Waals surface area contributed by atoms with Gasteiger partial charge in [-0.05, 0) is 30.2 Å². The van der Waals surface area contributed by atoms with E-state index >= 15 is 0 Å². The SMILES string of the molecule is C[C@@H]1CC(=O)Nc2cccc(-c3ccc4c(c3)NC(=O)C4)c2N1. The molecule has 2 aliphatic rings. The van der Waals surface area contributed by atoms with Crippen LogP contribution in [0.2, 0.25) is 0 Å². The van der Waals surface area contributed by atoms with Crippen molar-refractivity contribution in [2.24, 2.45) is 0 Å². The highest BCUT2D eigenvalue weighted by Crippen LogP contribution is 2.38. The summed E-state index contributed by atoms with van der Waals surface area (Å²) in [5, 5.41) is 9.26. The van der Waals surface area contributed by atoms with Gasteiger partial charge in [0.1, 0.15) is 0 Å². The molecule has 1 atom stereocenters. The van der Waals surface area contributed by atoms with Gasteiger partial charge in [0, 0.05) is 23.7 Å². The number of fused-ring (bicyclic) bond motifs is 2. The summed E-state index contributed by atoms with van der Waals surface area (Å²) in [6.07, 6.45) is 0.877. The number of nitrogens with one attached hydrogen (secondary N) is 3. The van der Waals surface area contributed by atoms with Gasteiger partial charge >= 0.3 is 0 Å². The van der Waals surface area contributed by atoms with Crippen LogP contribution in [0.4, 0.5) is 17.1 Å². The molecule has 0 spiro atoms. The Labute approximate surface area is 134 Å². The monoisotopic (exact) mass is 307 g/mol. The quantitative estimate of drug-likeness (QED) is 0.758. The normalized spacial score (nSPS) is 19.1. The van der Waals surface area contributed by atoms with E-state index in [1.807, 2.05) is 43.3 Å². The van der Waals surface area contributed by atoms with Crippen LogP contribution in [0.3, 0.4) is 0 Å². The van der Waals surface area contributed by atoms with E-state index < -0.39 is 0 Å².